The summed E-state index contributed by atoms with van der Waals surface area (Å²) in [6.45, 7) is 2.48. The maximum atomic E-state index is 10.3. The number of rotatable bonds is 8. The van der Waals surface area contributed by atoms with Gasteiger partial charge in [0.1, 0.15) is 0 Å². The molecule has 1 aliphatic rings. The van der Waals surface area contributed by atoms with Crippen molar-refractivity contribution in [3.8, 4) is 11.5 Å². The van der Waals surface area contributed by atoms with Crippen LogP contribution in [-0.2, 0) is 0 Å². The molecule has 0 saturated heterocycles. The molecule has 1 aromatic carbocycles. The number of benzene rings is 1. The van der Waals surface area contributed by atoms with E-state index in [-0.39, 0.29) is 6.79 Å². The predicted molar refractivity (Wildman–Crippen MR) is 83.2 cm³/mol. The summed E-state index contributed by atoms with van der Waals surface area (Å²) in [5, 5.41) is 10.3. The van der Waals surface area contributed by atoms with Gasteiger partial charge in [0.25, 0.3) is 0 Å². The second kappa shape index (κ2) is 7.89. The quantitative estimate of drug-likeness (QED) is 0.678. The third kappa shape index (κ3) is 4.13. The van der Waals surface area contributed by atoms with Gasteiger partial charge >= 0.3 is 0 Å². The maximum absolute atomic E-state index is 10.3. The number of aliphatic hydroxyl groups excluding tert-OH is 1. The Hall–Kier alpha value is -0.740. The van der Waals surface area contributed by atoms with E-state index in [9.17, 15) is 5.11 Å². The minimum atomic E-state index is -0.424. The average molecular weight is 343 g/mol. The zero-order chi connectivity index (χ0) is 14.4. The van der Waals surface area contributed by atoms with Crippen LogP contribution in [0.3, 0.4) is 0 Å². The Morgan fingerprint density at radius 2 is 1.90 bits per heavy atom. The minimum Gasteiger partial charge on any atom is -0.454 e. The van der Waals surface area contributed by atoms with Gasteiger partial charge < -0.3 is 14.6 Å². The van der Waals surface area contributed by atoms with Crippen molar-refractivity contribution < 1.29 is 14.6 Å². The molecule has 0 radical (unpaired) electrons. The van der Waals surface area contributed by atoms with Crippen LogP contribution in [0.2, 0.25) is 0 Å². The number of unbranched alkanes of at least 4 members (excludes halogenated alkanes) is 5. The molecule has 1 aromatic rings. The van der Waals surface area contributed by atoms with Gasteiger partial charge in [-0.1, -0.05) is 45.4 Å². The zero-order valence-corrected chi connectivity index (χ0v) is 13.6. The van der Waals surface area contributed by atoms with Gasteiger partial charge in [-0.2, -0.15) is 0 Å². The van der Waals surface area contributed by atoms with Crippen molar-refractivity contribution in [1.29, 1.82) is 0 Å². The lowest BCUT2D eigenvalue weighted by molar-refractivity contribution is 0.162. The SMILES string of the molecule is CCCCCCCCC(O)c1cc(Br)c2c(c1)OCO2. The molecule has 0 aromatic heterocycles. The third-order valence-electron chi connectivity index (χ3n) is 3.67. The molecule has 112 valence electrons. The molecule has 1 N–H and O–H groups in total. The molecule has 1 aliphatic heterocycles. The smallest absolute Gasteiger partial charge is 0.231 e. The number of hydrogen-bond acceptors (Lipinski definition) is 3. The van der Waals surface area contributed by atoms with E-state index in [1.807, 2.05) is 12.1 Å². The van der Waals surface area contributed by atoms with E-state index in [1.54, 1.807) is 0 Å². The fraction of sp³-hybridized carbons (Fsp3) is 0.625. The van der Waals surface area contributed by atoms with E-state index in [2.05, 4.69) is 22.9 Å². The van der Waals surface area contributed by atoms with E-state index in [0.29, 0.717) is 0 Å². The fourth-order valence-electron chi connectivity index (χ4n) is 2.46. The summed E-state index contributed by atoms with van der Waals surface area (Å²) in [4.78, 5) is 0. The van der Waals surface area contributed by atoms with E-state index in [1.165, 1.54) is 32.1 Å². The van der Waals surface area contributed by atoms with Gasteiger partial charge in [0.05, 0.1) is 10.6 Å². The molecule has 0 bridgehead atoms. The number of hydrogen-bond donors (Lipinski definition) is 1. The molecule has 1 atom stereocenters. The Kier molecular flexibility index (Phi) is 6.17. The van der Waals surface area contributed by atoms with Crippen LogP contribution in [0.5, 0.6) is 11.5 Å². The van der Waals surface area contributed by atoms with E-state index >= 15 is 0 Å². The normalized spacial score (nSPS) is 14.6. The summed E-state index contributed by atoms with van der Waals surface area (Å²) in [6, 6.07) is 3.81. The Labute approximate surface area is 129 Å². The van der Waals surface area contributed by atoms with Gasteiger partial charge in [-0.25, -0.2) is 0 Å². The van der Waals surface area contributed by atoms with Crippen molar-refractivity contribution in [3.63, 3.8) is 0 Å². The number of fused-ring (bicyclic) bond motifs is 1. The lowest BCUT2D eigenvalue weighted by atomic mass is 10.0. The van der Waals surface area contributed by atoms with Crippen molar-refractivity contribution in [2.45, 2.75) is 58.0 Å². The predicted octanol–water partition coefficient (Wildman–Crippen LogP) is 4.96. The molecule has 1 heterocycles. The first-order chi connectivity index (χ1) is 9.72. The summed E-state index contributed by atoms with van der Waals surface area (Å²) in [6.07, 6.45) is 7.81. The first-order valence-electron chi connectivity index (χ1n) is 7.49. The molecule has 3 nitrogen and oxygen atoms in total. The maximum Gasteiger partial charge on any atom is 0.231 e. The molecule has 1 unspecified atom stereocenters. The Morgan fingerprint density at radius 3 is 2.70 bits per heavy atom. The number of halogens is 1. The fourth-order valence-corrected chi connectivity index (χ4v) is 3.04. The molecular formula is C16H23BrO3. The van der Waals surface area contributed by atoms with Crippen molar-refractivity contribution in [1.82, 2.24) is 0 Å². The van der Waals surface area contributed by atoms with E-state index < -0.39 is 6.10 Å². The molecule has 0 aliphatic carbocycles. The first kappa shape index (κ1) is 15.6. The summed E-state index contributed by atoms with van der Waals surface area (Å²) in [7, 11) is 0. The monoisotopic (exact) mass is 342 g/mol. The number of ether oxygens (including phenoxy) is 2. The summed E-state index contributed by atoms with van der Waals surface area (Å²) in [5.41, 5.74) is 0.898. The van der Waals surface area contributed by atoms with Gasteiger partial charge in [-0.05, 0) is 40.0 Å². The van der Waals surface area contributed by atoms with E-state index in [0.717, 1.165) is 34.4 Å². The number of aliphatic hydroxyl groups is 1. The van der Waals surface area contributed by atoms with Crippen LogP contribution >= 0.6 is 15.9 Å². The molecule has 20 heavy (non-hydrogen) atoms. The van der Waals surface area contributed by atoms with Gasteiger partial charge in [0.15, 0.2) is 11.5 Å². The zero-order valence-electron chi connectivity index (χ0n) is 12.0. The highest BCUT2D eigenvalue weighted by molar-refractivity contribution is 9.10. The molecule has 0 saturated carbocycles. The second-order valence-electron chi connectivity index (χ2n) is 5.31. The van der Waals surface area contributed by atoms with Crippen LogP contribution in [0.25, 0.3) is 0 Å². The largest absolute Gasteiger partial charge is 0.454 e. The summed E-state index contributed by atoms with van der Waals surface area (Å²) >= 11 is 3.46. The van der Waals surface area contributed by atoms with Crippen LogP contribution < -0.4 is 9.47 Å². The highest BCUT2D eigenvalue weighted by Gasteiger charge is 2.20. The Balaban J connectivity index is 1.81. The summed E-state index contributed by atoms with van der Waals surface area (Å²) < 4.78 is 11.6. The van der Waals surface area contributed by atoms with E-state index in [4.69, 9.17) is 9.47 Å². The summed E-state index contributed by atoms with van der Waals surface area (Å²) in [5.74, 6) is 1.46. The lowest BCUT2D eigenvalue weighted by Crippen LogP contribution is -1.98. The molecule has 4 heteroatoms. The third-order valence-corrected chi connectivity index (χ3v) is 4.25. The molecule has 0 fully saturated rings. The van der Waals surface area contributed by atoms with Crippen molar-refractivity contribution in [2.24, 2.45) is 0 Å². The standard InChI is InChI=1S/C16H23BrO3/c1-2-3-4-5-6-7-8-14(18)12-9-13(17)16-15(10-12)19-11-20-16/h9-10,14,18H,2-8,11H2,1H3. The van der Waals surface area contributed by atoms with Crippen molar-refractivity contribution >= 4 is 15.9 Å². The van der Waals surface area contributed by atoms with Crippen molar-refractivity contribution in [3.05, 3.63) is 22.2 Å². The average Bonchev–Trinajstić information content (AvgIpc) is 2.91. The molecule has 0 amide bonds. The lowest BCUT2D eigenvalue weighted by Gasteiger charge is -2.12. The molecular weight excluding hydrogens is 320 g/mol. The van der Waals surface area contributed by atoms with Gasteiger partial charge in [0.2, 0.25) is 6.79 Å². The minimum absolute atomic E-state index is 0.255. The van der Waals surface area contributed by atoms with Crippen LogP contribution in [-0.4, -0.2) is 11.9 Å². The Morgan fingerprint density at radius 1 is 1.15 bits per heavy atom. The van der Waals surface area contributed by atoms with Gasteiger partial charge in [-0.15, -0.1) is 0 Å². The van der Waals surface area contributed by atoms with Crippen molar-refractivity contribution in [2.75, 3.05) is 6.79 Å². The first-order valence-corrected chi connectivity index (χ1v) is 8.28. The van der Waals surface area contributed by atoms with Crippen LogP contribution in [0.15, 0.2) is 16.6 Å². The second-order valence-corrected chi connectivity index (χ2v) is 6.16. The highest BCUT2D eigenvalue weighted by atomic mass is 79.9. The van der Waals surface area contributed by atoms with Crippen LogP contribution in [0.4, 0.5) is 0 Å². The topological polar surface area (TPSA) is 38.7 Å². The van der Waals surface area contributed by atoms with Crippen LogP contribution in [0, 0.1) is 0 Å². The van der Waals surface area contributed by atoms with Gasteiger partial charge in [-0.3, -0.25) is 0 Å². The van der Waals surface area contributed by atoms with Gasteiger partial charge in [0, 0.05) is 0 Å². The molecule has 0 spiro atoms. The highest BCUT2D eigenvalue weighted by Crippen LogP contribution is 2.41. The van der Waals surface area contributed by atoms with Crippen LogP contribution in [0.1, 0.15) is 63.5 Å². The molecule has 2 rings (SSSR count). The Bertz CT molecular complexity index is 434.